The molecule has 0 atom stereocenters. The third-order valence-corrected chi connectivity index (χ3v) is 4.17. The number of para-hydroxylation sites is 1. The van der Waals surface area contributed by atoms with E-state index in [-0.39, 0.29) is 0 Å². The molecule has 0 aliphatic rings. The summed E-state index contributed by atoms with van der Waals surface area (Å²) in [6.45, 7) is 8.86. The number of hydrogen-bond donors (Lipinski definition) is 1. The number of nitrogens with one attached hydrogen (secondary N) is 1. The number of alkyl carbamates (subject to hydrolysis) is 1. The molecule has 0 radical (unpaired) electrons. The highest BCUT2D eigenvalue weighted by Crippen LogP contribution is 2.21. The van der Waals surface area contributed by atoms with Crippen molar-refractivity contribution in [2.75, 3.05) is 0 Å². The molecular weight excluding hydrogens is 324 g/mol. The summed E-state index contributed by atoms with van der Waals surface area (Å²) in [5.41, 5.74) is 4.19. The summed E-state index contributed by atoms with van der Waals surface area (Å²) in [4.78, 5) is 12.0. The van der Waals surface area contributed by atoms with Gasteiger partial charge in [0.1, 0.15) is 5.60 Å². The van der Waals surface area contributed by atoms with E-state index in [9.17, 15) is 4.79 Å². The second kappa shape index (κ2) is 7.24. The van der Waals surface area contributed by atoms with Gasteiger partial charge in [-0.15, -0.1) is 0 Å². The van der Waals surface area contributed by atoms with Crippen LogP contribution < -0.4 is 5.32 Å². The van der Waals surface area contributed by atoms with E-state index in [1.165, 1.54) is 16.5 Å². The highest BCUT2D eigenvalue weighted by atomic mass is 16.6. The molecule has 0 bridgehead atoms. The van der Waals surface area contributed by atoms with Crippen LogP contribution in [0.25, 0.3) is 10.9 Å². The minimum atomic E-state index is -0.501. The molecule has 0 aliphatic carbocycles. The number of nitrogens with zero attached hydrogens (tertiary/aromatic N) is 1. The molecule has 4 nitrogen and oxygen atoms in total. The van der Waals surface area contributed by atoms with Gasteiger partial charge < -0.3 is 14.6 Å². The number of carbonyl (C=O) groups is 1. The fourth-order valence-electron chi connectivity index (χ4n) is 2.95. The highest BCUT2D eigenvalue weighted by Gasteiger charge is 2.17. The van der Waals surface area contributed by atoms with Gasteiger partial charge in [0.05, 0.1) is 6.54 Å². The summed E-state index contributed by atoms with van der Waals surface area (Å²) in [6, 6.07) is 19.0. The van der Waals surface area contributed by atoms with Crippen LogP contribution in [0.2, 0.25) is 0 Å². The van der Waals surface area contributed by atoms with Crippen molar-refractivity contribution in [3.63, 3.8) is 0 Å². The number of fused-ring (bicyclic) bond motifs is 1. The van der Waals surface area contributed by atoms with E-state index in [0.29, 0.717) is 6.54 Å². The van der Waals surface area contributed by atoms with E-state index >= 15 is 0 Å². The van der Waals surface area contributed by atoms with Gasteiger partial charge in [-0.2, -0.15) is 0 Å². The average Bonchev–Trinajstić information content (AvgIpc) is 2.91. The molecule has 26 heavy (non-hydrogen) atoms. The van der Waals surface area contributed by atoms with Crippen LogP contribution in [-0.4, -0.2) is 16.3 Å². The molecule has 2 aromatic carbocycles. The van der Waals surface area contributed by atoms with Gasteiger partial charge in [-0.1, -0.05) is 48.0 Å². The van der Waals surface area contributed by atoms with Crippen molar-refractivity contribution in [1.29, 1.82) is 0 Å². The number of aryl methyl sites for hydroxylation is 1. The first-order valence-electron chi connectivity index (χ1n) is 8.91. The predicted octanol–water partition coefficient (Wildman–Crippen LogP) is 5.02. The van der Waals surface area contributed by atoms with Gasteiger partial charge in [0.2, 0.25) is 0 Å². The summed E-state index contributed by atoms with van der Waals surface area (Å²) >= 11 is 0. The molecule has 136 valence electrons. The first kappa shape index (κ1) is 18.1. The van der Waals surface area contributed by atoms with Crippen LogP contribution >= 0.6 is 0 Å². The zero-order chi connectivity index (χ0) is 18.7. The Morgan fingerprint density at radius 3 is 2.46 bits per heavy atom. The zero-order valence-electron chi connectivity index (χ0n) is 15.9. The number of hydrogen-bond acceptors (Lipinski definition) is 2. The van der Waals surface area contributed by atoms with Gasteiger partial charge in [0, 0.05) is 17.8 Å². The first-order chi connectivity index (χ1) is 12.3. The number of benzene rings is 2. The van der Waals surface area contributed by atoms with E-state index in [2.05, 4.69) is 59.3 Å². The van der Waals surface area contributed by atoms with Crippen LogP contribution in [0.1, 0.15) is 37.6 Å². The predicted molar refractivity (Wildman–Crippen MR) is 105 cm³/mol. The maximum Gasteiger partial charge on any atom is 0.407 e. The number of rotatable bonds is 4. The standard InChI is InChI=1S/C22H26N2O2/c1-16-9-11-17(12-10-16)15-24-19(13-18-7-5-6-8-20(18)24)14-23-21(25)26-22(2,3)4/h5-13H,14-15H2,1-4H3,(H,23,25). The minimum absolute atomic E-state index is 0.398. The molecule has 0 aliphatic heterocycles. The van der Waals surface area contributed by atoms with Crippen molar-refractivity contribution in [1.82, 2.24) is 9.88 Å². The monoisotopic (exact) mass is 350 g/mol. The van der Waals surface area contributed by atoms with Gasteiger partial charge in [-0.25, -0.2) is 4.79 Å². The molecule has 0 saturated heterocycles. The molecular formula is C22H26N2O2. The fourth-order valence-corrected chi connectivity index (χ4v) is 2.95. The topological polar surface area (TPSA) is 43.3 Å². The molecule has 1 heterocycles. The Hall–Kier alpha value is -2.75. The zero-order valence-corrected chi connectivity index (χ0v) is 15.9. The molecule has 0 spiro atoms. The van der Waals surface area contributed by atoms with Gasteiger partial charge in [-0.3, -0.25) is 0 Å². The van der Waals surface area contributed by atoms with Crippen LogP contribution in [0, 0.1) is 6.92 Å². The number of aromatic nitrogens is 1. The molecule has 1 amide bonds. The average molecular weight is 350 g/mol. The number of carbonyl (C=O) groups excluding carboxylic acids is 1. The first-order valence-corrected chi connectivity index (χ1v) is 8.91. The van der Waals surface area contributed by atoms with E-state index in [4.69, 9.17) is 4.74 Å². The van der Waals surface area contributed by atoms with Crippen molar-refractivity contribution in [2.45, 2.75) is 46.4 Å². The minimum Gasteiger partial charge on any atom is -0.444 e. The van der Waals surface area contributed by atoms with E-state index in [0.717, 1.165) is 17.8 Å². The molecule has 3 rings (SSSR count). The lowest BCUT2D eigenvalue weighted by Crippen LogP contribution is -2.32. The summed E-state index contributed by atoms with van der Waals surface area (Å²) in [6.07, 6.45) is -0.398. The molecule has 0 fully saturated rings. The van der Waals surface area contributed by atoms with Crippen molar-refractivity contribution in [2.24, 2.45) is 0 Å². The van der Waals surface area contributed by atoms with E-state index < -0.39 is 11.7 Å². The van der Waals surface area contributed by atoms with Crippen molar-refractivity contribution >= 4 is 17.0 Å². The van der Waals surface area contributed by atoms with Crippen LogP contribution in [0.3, 0.4) is 0 Å². The Balaban J connectivity index is 1.85. The summed E-state index contributed by atoms with van der Waals surface area (Å²) in [5.74, 6) is 0. The summed E-state index contributed by atoms with van der Waals surface area (Å²) < 4.78 is 7.59. The van der Waals surface area contributed by atoms with Gasteiger partial charge in [0.25, 0.3) is 0 Å². The Morgan fingerprint density at radius 1 is 1.08 bits per heavy atom. The smallest absolute Gasteiger partial charge is 0.407 e. The number of amides is 1. The van der Waals surface area contributed by atoms with Crippen molar-refractivity contribution < 1.29 is 9.53 Å². The highest BCUT2D eigenvalue weighted by molar-refractivity contribution is 5.81. The maximum atomic E-state index is 12.0. The Kier molecular flexibility index (Phi) is 5.03. The molecule has 4 heteroatoms. The summed E-state index contributed by atoms with van der Waals surface area (Å²) in [7, 11) is 0. The fraction of sp³-hybridized carbons (Fsp3) is 0.318. The quantitative estimate of drug-likeness (QED) is 0.718. The third-order valence-electron chi connectivity index (χ3n) is 4.17. The van der Waals surface area contributed by atoms with E-state index in [1.807, 2.05) is 32.9 Å². The Labute approximate surface area is 154 Å². The lowest BCUT2D eigenvalue weighted by molar-refractivity contribution is 0.0522. The van der Waals surface area contributed by atoms with Crippen LogP contribution in [-0.2, 0) is 17.8 Å². The van der Waals surface area contributed by atoms with Gasteiger partial charge >= 0.3 is 6.09 Å². The van der Waals surface area contributed by atoms with Crippen LogP contribution in [0.4, 0.5) is 4.79 Å². The van der Waals surface area contributed by atoms with E-state index in [1.54, 1.807) is 0 Å². The largest absolute Gasteiger partial charge is 0.444 e. The third kappa shape index (κ3) is 4.45. The lowest BCUT2D eigenvalue weighted by Gasteiger charge is -2.20. The lowest BCUT2D eigenvalue weighted by atomic mass is 10.1. The summed E-state index contributed by atoms with van der Waals surface area (Å²) in [5, 5.41) is 4.04. The Bertz CT molecular complexity index is 902. The molecule has 0 saturated carbocycles. The van der Waals surface area contributed by atoms with Crippen molar-refractivity contribution in [3.05, 3.63) is 71.4 Å². The molecule has 3 aromatic rings. The normalized spacial score (nSPS) is 11.5. The molecule has 1 aromatic heterocycles. The second-order valence-corrected chi connectivity index (χ2v) is 7.62. The van der Waals surface area contributed by atoms with Gasteiger partial charge in [0.15, 0.2) is 0 Å². The molecule has 0 unspecified atom stereocenters. The molecule has 1 N–H and O–H groups in total. The van der Waals surface area contributed by atoms with Crippen molar-refractivity contribution in [3.8, 4) is 0 Å². The van der Waals surface area contributed by atoms with Gasteiger partial charge in [-0.05, 0) is 50.8 Å². The SMILES string of the molecule is Cc1ccc(Cn2c(CNC(=O)OC(C)(C)C)cc3ccccc32)cc1. The second-order valence-electron chi connectivity index (χ2n) is 7.62. The van der Waals surface area contributed by atoms with Crippen LogP contribution in [0.5, 0.6) is 0 Å². The maximum absolute atomic E-state index is 12.0. The Morgan fingerprint density at radius 2 is 1.77 bits per heavy atom. The van der Waals surface area contributed by atoms with Crippen LogP contribution in [0.15, 0.2) is 54.6 Å². The number of ether oxygens (including phenoxy) is 1.